The van der Waals surface area contributed by atoms with Crippen molar-refractivity contribution >= 4 is 11.9 Å². The molecule has 0 radical (unpaired) electrons. The number of hydrogen-bond acceptors (Lipinski definition) is 4. The van der Waals surface area contributed by atoms with E-state index in [0.29, 0.717) is 31.6 Å². The lowest BCUT2D eigenvalue weighted by Crippen LogP contribution is -2.48. The smallest absolute Gasteiger partial charge is 0.303 e. The normalized spacial score (nSPS) is 28.9. The van der Waals surface area contributed by atoms with Gasteiger partial charge in [0, 0.05) is 25.0 Å². The van der Waals surface area contributed by atoms with Crippen LogP contribution >= 0.6 is 0 Å². The highest BCUT2D eigenvalue weighted by atomic mass is 16.4. The number of nitrogens with one attached hydrogen (secondary N) is 1. The first-order valence-electron chi connectivity index (χ1n) is 7.21. The van der Waals surface area contributed by atoms with Gasteiger partial charge in [-0.25, -0.2) is 0 Å². The minimum atomic E-state index is -0.725. The number of piperidine rings is 1. The number of hydrogen-bond donors (Lipinski definition) is 2. The number of nitrogens with zero attached hydrogens (tertiary/aromatic N) is 2. The van der Waals surface area contributed by atoms with Gasteiger partial charge in [0.1, 0.15) is 0 Å². The number of carbonyl (C=O) groups excluding carboxylic acids is 1. The van der Waals surface area contributed by atoms with Crippen LogP contribution in [0.1, 0.15) is 38.5 Å². The molecule has 2 heterocycles. The SMILES string of the molecule is N#CCCNC(=O)CN1C2CCC1CC(CC(=O)O)C2. The van der Waals surface area contributed by atoms with Crippen LogP contribution in [0.25, 0.3) is 0 Å². The van der Waals surface area contributed by atoms with Crippen LogP contribution in [0.2, 0.25) is 0 Å². The maximum absolute atomic E-state index is 11.8. The Hall–Kier alpha value is -1.61. The van der Waals surface area contributed by atoms with E-state index in [1.807, 2.05) is 6.07 Å². The van der Waals surface area contributed by atoms with Gasteiger partial charge in [0.25, 0.3) is 0 Å². The molecule has 0 aromatic rings. The molecule has 0 spiro atoms. The summed E-state index contributed by atoms with van der Waals surface area (Å²) < 4.78 is 0. The fourth-order valence-corrected chi connectivity index (χ4v) is 3.54. The van der Waals surface area contributed by atoms with Gasteiger partial charge in [-0.3, -0.25) is 14.5 Å². The number of nitriles is 1. The second-order valence-electron chi connectivity index (χ2n) is 5.75. The molecule has 20 heavy (non-hydrogen) atoms. The molecule has 2 N–H and O–H groups in total. The van der Waals surface area contributed by atoms with Crippen molar-refractivity contribution in [3.8, 4) is 6.07 Å². The first kappa shape index (κ1) is 14.8. The first-order valence-corrected chi connectivity index (χ1v) is 7.21. The third-order valence-corrected chi connectivity index (χ3v) is 4.33. The van der Waals surface area contributed by atoms with Crippen LogP contribution in [0.4, 0.5) is 0 Å². The van der Waals surface area contributed by atoms with Gasteiger partial charge in [0.05, 0.1) is 19.0 Å². The highest BCUT2D eigenvalue weighted by Crippen LogP contribution is 2.39. The van der Waals surface area contributed by atoms with Gasteiger partial charge >= 0.3 is 5.97 Å². The lowest BCUT2D eigenvalue weighted by Gasteiger charge is -2.38. The second-order valence-corrected chi connectivity index (χ2v) is 5.75. The molecule has 2 atom stereocenters. The third-order valence-electron chi connectivity index (χ3n) is 4.33. The first-order chi connectivity index (χ1) is 9.60. The summed E-state index contributed by atoms with van der Waals surface area (Å²) in [6, 6.07) is 2.69. The van der Waals surface area contributed by atoms with Gasteiger partial charge < -0.3 is 10.4 Å². The summed E-state index contributed by atoms with van der Waals surface area (Å²) in [5.74, 6) is -0.506. The highest BCUT2D eigenvalue weighted by molar-refractivity contribution is 5.78. The Kier molecular flexibility index (Phi) is 4.96. The minimum absolute atomic E-state index is 0.0335. The summed E-state index contributed by atoms with van der Waals surface area (Å²) in [6.45, 7) is 0.778. The van der Waals surface area contributed by atoms with E-state index < -0.39 is 5.97 Å². The van der Waals surface area contributed by atoms with Crippen molar-refractivity contribution < 1.29 is 14.7 Å². The van der Waals surface area contributed by atoms with E-state index in [1.54, 1.807) is 0 Å². The van der Waals surface area contributed by atoms with Crippen molar-refractivity contribution in [3.05, 3.63) is 0 Å². The van der Waals surface area contributed by atoms with Crippen LogP contribution in [0, 0.1) is 17.2 Å². The summed E-state index contributed by atoms with van der Waals surface area (Å²) in [7, 11) is 0. The van der Waals surface area contributed by atoms with Crippen molar-refractivity contribution in [1.29, 1.82) is 5.26 Å². The summed E-state index contributed by atoms with van der Waals surface area (Å²) in [5, 5.41) is 20.1. The van der Waals surface area contributed by atoms with Crippen molar-refractivity contribution in [1.82, 2.24) is 10.2 Å². The summed E-state index contributed by atoms with van der Waals surface area (Å²) in [4.78, 5) is 24.8. The number of rotatable bonds is 6. The monoisotopic (exact) mass is 279 g/mol. The van der Waals surface area contributed by atoms with E-state index in [-0.39, 0.29) is 18.2 Å². The molecular formula is C14H21N3O3. The second kappa shape index (κ2) is 6.71. The number of amides is 1. The van der Waals surface area contributed by atoms with Gasteiger partial charge in [-0.05, 0) is 31.6 Å². The van der Waals surface area contributed by atoms with Crippen LogP contribution in [-0.4, -0.2) is 47.1 Å². The van der Waals surface area contributed by atoms with E-state index in [9.17, 15) is 9.59 Å². The predicted octanol–water partition coefficient (Wildman–Crippen LogP) is 0.734. The van der Waals surface area contributed by atoms with E-state index in [2.05, 4.69) is 10.2 Å². The van der Waals surface area contributed by atoms with E-state index in [1.165, 1.54) is 0 Å². The van der Waals surface area contributed by atoms with E-state index in [4.69, 9.17) is 10.4 Å². The molecule has 6 heteroatoms. The zero-order valence-electron chi connectivity index (χ0n) is 11.5. The fraction of sp³-hybridized carbons (Fsp3) is 0.786. The quantitative estimate of drug-likeness (QED) is 0.699. The number of carboxylic acid groups (broad SMARTS) is 1. The molecule has 1 amide bonds. The van der Waals surface area contributed by atoms with Crippen molar-refractivity contribution in [2.45, 2.75) is 50.6 Å². The largest absolute Gasteiger partial charge is 0.481 e. The van der Waals surface area contributed by atoms with Gasteiger partial charge in [0.2, 0.25) is 5.91 Å². The van der Waals surface area contributed by atoms with Crippen LogP contribution < -0.4 is 5.32 Å². The molecule has 110 valence electrons. The van der Waals surface area contributed by atoms with Crippen molar-refractivity contribution in [2.75, 3.05) is 13.1 Å². The van der Waals surface area contributed by atoms with E-state index in [0.717, 1.165) is 25.7 Å². The Morgan fingerprint density at radius 1 is 1.30 bits per heavy atom. The summed E-state index contributed by atoms with van der Waals surface area (Å²) >= 11 is 0. The third kappa shape index (κ3) is 3.70. The lowest BCUT2D eigenvalue weighted by atomic mass is 9.88. The Bertz CT molecular complexity index is 404. The molecule has 2 fully saturated rings. The highest BCUT2D eigenvalue weighted by Gasteiger charge is 2.41. The number of aliphatic carboxylic acids is 1. The number of carbonyl (C=O) groups is 2. The molecule has 2 aliphatic heterocycles. The Morgan fingerprint density at radius 2 is 1.95 bits per heavy atom. The summed E-state index contributed by atoms with van der Waals surface area (Å²) in [5.41, 5.74) is 0. The zero-order chi connectivity index (χ0) is 14.5. The average Bonchev–Trinajstić information content (AvgIpc) is 2.60. The van der Waals surface area contributed by atoms with Gasteiger partial charge in [-0.15, -0.1) is 0 Å². The Balaban J connectivity index is 1.82. The zero-order valence-corrected chi connectivity index (χ0v) is 11.5. The maximum Gasteiger partial charge on any atom is 0.303 e. The van der Waals surface area contributed by atoms with E-state index >= 15 is 0 Å². The summed E-state index contributed by atoms with van der Waals surface area (Å²) in [6.07, 6.45) is 4.47. The molecule has 0 aromatic heterocycles. The average molecular weight is 279 g/mol. The Labute approximate surface area is 118 Å². The van der Waals surface area contributed by atoms with Crippen LogP contribution in [0.3, 0.4) is 0 Å². The van der Waals surface area contributed by atoms with Crippen LogP contribution in [0.15, 0.2) is 0 Å². The van der Waals surface area contributed by atoms with Crippen molar-refractivity contribution in [3.63, 3.8) is 0 Å². The maximum atomic E-state index is 11.8. The number of carboxylic acids is 1. The molecule has 2 unspecified atom stereocenters. The molecule has 0 aromatic carbocycles. The Morgan fingerprint density at radius 3 is 2.50 bits per heavy atom. The fourth-order valence-electron chi connectivity index (χ4n) is 3.54. The van der Waals surface area contributed by atoms with Gasteiger partial charge in [-0.1, -0.05) is 0 Å². The molecule has 0 saturated carbocycles. The minimum Gasteiger partial charge on any atom is -0.481 e. The molecular weight excluding hydrogens is 258 g/mol. The lowest BCUT2D eigenvalue weighted by molar-refractivity contribution is -0.139. The topological polar surface area (TPSA) is 93.4 Å². The molecule has 2 saturated heterocycles. The molecule has 2 aliphatic rings. The standard InChI is InChI=1S/C14H21N3O3/c15-4-1-5-16-13(18)9-17-11-2-3-12(17)7-10(6-11)8-14(19)20/h10-12H,1-3,5-9H2,(H,16,18)(H,19,20). The van der Waals surface area contributed by atoms with Crippen LogP contribution in [0.5, 0.6) is 0 Å². The predicted molar refractivity (Wildman–Crippen MR) is 71.7 cm³/mol. The number of fused-ring (bicyclic) bond motifs is 2. The molecule has 0 aliphatic carbocycles. The van der Waals surface area contributed by atoms with Gasteiger partial charge in [0.15, 0.2) is 0 Å². The van der Waals surface area contributed by atoms with Gasteiger partial charge in [-0.2, -0.15) is 5.26 Å². The molecule has 6 nitrogen and oxygen atoms in total. The molecule has 2 bridgehead atoms. The van der Waals surface area contributed by atoms with Crippen LogP contribution in [-0.2, 0) is 9.59 Å². The molecule has 2 rings (SSSR count). The van der Waals surface area contributed by atoms with Crippen molar-refractivity contribution in [2.24, 2.45) is 5.92 Å².